The molecule has 1 spiro atoms. The molecule has 1 atom stereocenters. The molecule has 58 valence electrons. The van der Waals surface area contributed by atoms with Crippen molar-refractivity contribution in [1.82, 2.24) is 0 Å². The van der Waals surface area contributed by atoms with E-state index in [2.05, 4.69) is 0 Å². The summed E-state index contributed by atoms with van der Waals surface area (Å²) in [5.41, 5.74) is 5.73. The van der Waals surface area contributed by atoms with Crippen LogP contribution in [0.1, 0.15) is 19.3 Å². The molecule has 0 radical (unpaired) electrons. The van der Waals surface area contributed by atoms with Gasteiger partial charge in [0.05, 0.1) is 13.2 Å². The highest BCUT2D eigenvalue weighted by Crippen LogP contribution is 2.36. The van der Waals surface area contributed by atoms with Gasteiger partial charge in [0.15, 0.2) is 5.79 Å². The third kappa shape index (κ3) is 0.944. The van der Waals surface area contributed by atoms with Gasteiger partial charge < -0.3 is 15.2 Å². The van der Waals surface area contributed by atoms with E-state index in [4.69, 9.17) is 15.2 Å². The van der Waals surface area contributed by atoms with E-state index < -0.39 is 0 Å². The SMILES string of the molecule is N[C@@H]1CCC2(C1)OCCO2. The Labute approximate surface area is 60.5 Å². The predicted octanol–water partition coefficient (Wildman–Crippen LogP) is 0.241. The molecule has 0 bridgehead atoms. The Bertz CT molecular complexity index is 132. The van der Waals surface area contributed by atoms with Crippen LogP contribution in [0.2, 0.25) is 0 Å². The van der Waals surface area contributed by atoms with Crippen molar-refractivity contribution in [3.05, 3.63) is 0 Å². The molecule has 1 saturated carbocycles. The number of hydrogen-bond donors (Lipinski definition) is 1. The van der Waals surface area contributed by atoms with Crippen LogP contribution in [0.5, 0.6) is 0 Å². The van der Waals surface area contributed by atoms with Gasteiger partial charge in [-0.1, -0.05) is 0 Å². The highest BCUT2D eigenvalue weighted by atomic mass is 16.7. The Balaban J connectivity index is 2.03. The summed E-state index contributed by atoms with van der Waals surface area (Å²) in [7, 11) is 0. The quantitative estimate of drug-likeness (QED) is 0.528. The van der Waals surface area contributed by atoms with Crippen LogP contribution in [-0.2, 0) is 9.47 Å². The Morgan fingerprint density at radius 2 is 2.00 bits per heavy atom. The average Bonchev–Trinajstić information content (AvgIpc) is 2.46. The maximum absolute atomic E-state index is 5.73. The second-order valence-electron chi connectivity index (χ2n) is 3.11. The maximum Gasteiger partial charge on any atom is 0.170 e. The van der Waals surface area contributed by atoms with E-state index in [1.807, 2.05) is 0 Å². The van der Waals surface area contributed by atoms with Gasteiger partial charge in [0, 0.05) is 18.9 Å². The van der Waals surface area contributed by atoms with Crippen LogP contribution in [-0.4, -0.2) is 25.0 Å². The average molecular weight is 143 g/mol. The first-order valence-electron chi connectivity index (χ1n) is 3.84. The maximum atomic E-state index is 5.73. The van der Waals surface area contributed by atoms with Crippen molar-refractivity contribution in [2.45, 2.75) is 31.1 Å². The van der Waals surface area contributed by atoms with Crippen molar-refractivity contribution in [2.24, 2.45) is 5.73 Å². The fourth-order valence-electron chi connectivity index (χ4n) is 1.77. The van der Waals surface area contributed by atoms with Gasteiger partial charge in [-0.3, -0.25) is 0 Å². The molecule has 1 saturated heterocycles. The number of ether oxygens (including phenoxy) is 2. The smallest absolute Gasteiger partial charge is 0.170 e. The van der Waals surface area contributed by atoms with Crippen molar-refractivity contribution in [3.8, 4) is 0 Å². The Morgan fingerprint density at radius 1 is 1.30 bits per heavy atom. The molecule has 10 heavy (non-hydrogen) atoms. The third-order valence-electron chi connectivity index (χ3n) is 2.28. The minimum absolute atomic E-state index is 0.264. The van der Waals surface area contributed by atoms with Crippen LogP contribution in [0, 0.1) is 0 Å². The van der Waals surface area contributed by atoms with E-state index in [0.717, 1.165) is 32.5 Å². The number of rotatable bonds is 0. The first-order chi connectivity index (χ1) is 4.81. The van der Waals surface area contributed by atoms with Gasteiger partial charge in [-0.05, 0) is 6.42 Å². The monoisotopic (exact) mass is 143 g/mol. The Hall–Kier alpha value is -0.120. The van der Waals surface area contributed by atoms with E-state index in [-0.39, 0.29) is 11.8 Å². The third-order valence-corrected chi connectivity index (χ3v) is 2.28. The summed E-state index contributed by atoms with van der Waals surface area (Å²) in [6, 6.07) is 0.290. The van der Waals surface area contributed by atoms with Crippen LogP contribution in [0.15, 0.2) is 0 Å². The minimum Gasteiger partial charge on any atom is -0.347 e. The highest BCUT2D eigenvalue weighted by molar-refractivity contribution is 4.87. The van der Waals surface area contributed by atoms with Crippen LogP contribution in [0.25, 0.3) is 0 Å². The molecule has 1 aliphatic heterocycles. The number of nitrogens with two attached hydrogens (primary N) is 1. The second-order valence-corrected chi connectivity index (χ2v) is 3.11. The van der Waals surface area contributed by atoms with Crippen LogP contribution < -0.4 is 5.73 Å². The molecule has 2 aliphatic rings. The zero-order valence-electron chi connectivity index (χ0n) is 6.01. The topological polar surface area (TPSA) is 44.5 Å². The van der Waals surface area contributed by atoms with Crippen LogP contribution in [0.4, 0.5) is 0 Å². The summed E-state index contributed by atoms with van der Waals surface area (Å²) >= 11 is 0. The van der Waals surface area contributed by atoms with E-state index in [1.165, 1.54) is 0 Å². The van der Waals surface area contributed by atoms with Gasteiger partial charge in [0.2, 0.25) is 0 Å². The summed E-state index contributed by atoms with van der Waals surface area (Å²) in [6.45, 7) is 1.49. The van der Waals surface area contributed by atoms with Crippen molar-refractivity contribution < 1.29 is 9.47 Å². The summed E-state index contributed by atoms with van der Waals surface area (Å²) in [5.74, 6) is -0.264. The number of hydrogen-bond acceptors (Lipinski definition) is 3. The minimum atomic E-state index is -0.264. The molecule has 3 nitrogen and oxygen atoms in total. The van der Waals surface area contributed by atoms with E-state index >= 15 is 0 Å². The Morgan fingerprint density at radius 3 is 2.50 bits per heavy atom. The van der Waals surface area contributed by atoms with Gasteiger partial charge in [-0.25, -0.2) is 0 Å². The van der Waals surface area contributed by atoms with Crippen LogP contribution >= 0.6 is 0 Å². The normalized spacial score (nSPS) is 37.5. The van der Waals surface area contributed by atoms with Crippen molar-refractivity contribution >= 4 is 0 Å². The molecule has 0 aromatic carbocycles. The molecule has 2 N–H and O–H groups in total. The fourth-order valence-corrected chi connectivity index (χ4v) is 1.77. The zero-order valence-corrected chi connectivity index (χ0v) is 6.01. The molecule has 0 aromatic heterocycles. The first-order valence-corrected chi connectivity index (χ1v) is 3.84. The molecule has 1 aliphatic carbocycles. The largest absolute Gasteiger partial charge is 0.347 e. The summed E-state index contributed by atoms with van der Waals surface area (Å²) in [5, 5.41) is 0. The molecule has 0 unspecified atom stereocenters. The predicted molar refractivity (Wildman–Crippen MR) is 36.5 cm³/mol. The standard InChI is InChI=1S/C7H13NO2/c8-6-1-2-7(5-6)9-3-4-10-7/h6H,1-5,8H2/t6-/m1/s1. The fraction of sp³-hybridized carbons (Fsp3) is 1.00. The summed E-state index contributed by atoms with van der Waals surface area (Å²) in [6.07, 6.45) is 2.90. The van der Waals surface area contributed by atoms with Gasteiger partial charge in [0.1, 0.15) is 0 Å². The van der Waals surface area contributed by atoms with Gasteiger partial charge in [0.25, 0.3) is 0 Å². The van der Waals surface area contributed by atoms with E-state index in [9.17, 15) is 0 Å². The zero-order chi connectivity index (χ0) is 7.03. The lowest BCUT2D eigenvalue weighted by atomic mass is 10.2. The molecule has 2 fully saturated rings. The van der Waals surface area contributed by atoms with Crippen LogP contribution in [0.3, 0.4) is 0 Å². The summed E-state index contributed by atoms with van der Waals surface area (Å²) < 4.78 is 10.9. The lowest BCUT2D eigenvalue weighted by molar-refractivity contribution is -0.150. The molecule has 0 aromatic rings. The molecular formula is C7H13NO2. The van der Waals surface area contributed by atoms with Crippen molar-refractivity contribution in [1.29, 1.82) is 0 Å². The molecule has 0 amide bonds. The lowest BCUT2D eigenvalue weighted by Crippen LogP contribution is -2.28. The summed E-state index contributed by atoms with van der Waals surface area (Å²) in [4.78, 5) is 0. The van der Waals surface area contributed by atoms with E-state index in [0.29, 0.717) is 0 Å². The highest BCUT2D eigenvalue weighted by Gasteiger charge is 2.42. The Kier molecular flexibility index (Phi) is 1.44. The molecular weight excluding hydrogens is 130 g/mol. The van der Waals surface area contributed by atoms with Crippen molar-refractivity contribution in [2.75, 3.05) is 13.2 Å². The van der Waals surface area contributed by atoms with E-state index in [1.54, 1.807) is 0 Å². The first kappa shape index (κ1) is 6.58. The van der Waals surface area contributed by atoms with Gasteiger partial charge in [-0.2, -0.15) is 0 Å². The molecule has 1 heterocycles. The van der Waals surface area contributed by atoms with Crippen molar-refractivity contribution in [3.63, 3.8) is 0 Å². The van der Waals surface area contributed by atoms with Gasteiger partial charge in [-0.15, -0.1) is 0 Å². The lowest BCUT2D eigenvalue weighted by Gasteiger charge is -2.20. The molecule has 3 heteroatoms. The van der Waals surface area contributed by atoms with Gasteiger partial charge >= 0.3 is 0 Å². The molecule has 2 rings (SSSR count). The second kappa shape index (κ2) is 2.19.